The lowest BCUT2D eigenvalue weighted by Gasteiger charge is -2.23. The van der Waals surface area contributed by atoms with Crippen LogP contribution >= 0.6 is 34.5 Å². The molecule has 2 rings (SSSR count). The van der Waals surface area contributed by atoms with Crippen molar-refractivity contribution in [3.8, 4) is 0 Å². The van der Waals surface area contributed by atoms with Gasteiger partial charge in [-0.1, -0.05) is 23.2 Å². The summed E-state index contributed by atoms with van der Waals surface area (Å²) in [6, 6.07) is 2.25. The first kappa shape index (κ1) is 15.1. The number of carbonyl (C=O) groups excluding carboxylic acids is 1. The molecule has 1 atom stereocenters. The van der Waals surface area contributed by atoms with Gasteiger partial charge in [0, 0.05) is 26.1 Å². The molecule has 2 heterocycles. The van der Waals surface area contributed by atoms with E-state index in [0.29, 0.717) is 16.8 Å². The molecule has 3 nitrogen and oxygen atoms in total. The molecule has 6 heteroatoms. The topological polar surface area (TPSA) is 32.3 Å². The van der Waals surface area contributed by atoms with Crippen LogP contribution in [0.5, 0.6) is 0 Å². The largest absolute Gasteiger partial charge is 0.341 e. The average molecular weight is 321 g/mol. The number of likely N-dealkylation sites (N-methyl/N-ethyl adjacent to an activating group) is 1. The summed E-state index contributed by atoms with van der Waals surface area (Å²) in [7, 11) is 1.90. The van der Waals surface area contributed by atoms with Crippen LogP contribution in [0.3, 0.4) is 0 Å². The predicted molar refractivity (Wildman–Crippen MR) is 81.3 cm³/mol. The monoisotopic (exact) mass is 320 g/mol. The van der Waals surface area contributed by atoms with Gasteiger partial charge in [0.15, 0.2) is 0 Å². The van der Waals surface area contributed by atoms with Crippen molar-refractivity contribution in [3.63, 3.8) is 0 Å². The number of thiophene rings is 1. The average Bonchev–Trinajstić information content (AvgIpc) is 2.98. The Morgan fingerprint density at radius 1 is 1.58 bits per heavy atom. The molecular weight excluding hydrogens is 303 g/mol. The lowest BCUT2D eigenvalue weighted by molar-refractivity contribution is -0.131. The molecule has 1 aliphatic heterocycles. The van der Waals surface area contributed by atoms with Crippen molar-refractivity contribution in [2.45, 2.75) is 31.7 Å². The molecule has 0 saturated carbocycles. The van der Waals surface area contributed by atoms with Gasteiger partial charge in [-0.15, -0.1) is 11.3 Å². The Kier molecular flexibility index (Phi) is 5.51. The highest BCUT2D eigenvalue weighted by molar-refractivity contribution is 7.20. The molecule has 1 unspecified atom stereocenters. The van der Waals surface area contributed by atoms with Crippen LogP contribution < -0.4 is 5.32 Å². The maximum Gasteiger partial charge on any atom is 0.222 e. The van der Waals surface area contributed by atoms with Crippen LogP contribution in [0.4, 0.5) is 0 Å². The number of nitrogens with one attached hydrogen (secondary N) is 1. The van der Waals surface area contributed by atoms with Gasteiger partial charge in [-0.2, -0.15) is 0 Å². The van der Waals surface area contributed by atoms with Crippen molar-refractivity contribution >= 4 is 40.4 Å². The van der Waals surface area contributed by atoms with E-state index < -0.39 is 0 Å². The molecule has 0 spiro atoms. The molecule has 1 fully saturated rings. The van der Waals surface area contributed by atoms with Crippen LogP contribution in [-0.4, -0.2) is 37.0 Å². The van der Waals surface area contributed by atoms with Gasteiger partial charge in [0.1, 0.15) is 0 Å². The second kappa shape index (κ2) is 6.93. The van der Waals surface area contributed by atoms with E-state index in [4.69, 9.17) is 23.2 Å². The molecule has 1 aromatic heterocycles. The molecule has 1 aromatic rings. The van der Waals surface area contributed by atoms with Crippen molar-refractivity contribution in [3.05, 3.63) is 20.3 Å². The lowest BCUT2D eigenvalue weighted by atomic mass is 10.1. The number of hydrogen-bond acceptors (Lipinski definition) is 3. The van der Waals surface area contributed by atoms with Gasteiger partial charge in [-0.3, -0.25) is 4.79 Å². The van der Waals surface area contributed by atoms with Crippen LogP contribution in [0, 0.1) is 0 Å². The zero-order valence-corrected chi connectivity index (χ0v) is 13.2. The Morgan fingerprint density at radius 2 is 2.37 bits per heavy atom. The fraction of sp³-hybridized carbons (Fsp3) is 0.615. The Labute approximate surface area is 127 Å². The van der Waals surface area contributed by atoms with Crippen LogP contribution in [-0.2, 0) is 11.2 Å². The van der Waals surface area contributed by atoms with E-state index in [2.05, 4.69) is 5.32 Å². The lowest BCUT2D eigenvalue weighted by Crippen LogP contribution is -2.38. The van der Waals surface area contributed by atoms with E-state index in [1.54, 1.807) is 0 Å². The molecular formula is C13H18Cl2N2OS. The quantitative estimate of drug-likeness (QED) is 0.903. The maximum absolute atomic E-state index is 12.1. The van der Waals surface area contributed by atoms with Crippen LogP contribution in [0.2, 0.25) is 8.67 Å². The van der Waals surface area contributed by atoms with Crippen molar-refractivity contribution in [2.75, 3.05) is 20.1 Å². The Hall–Kier alpha value is -0.290. The third-order valence-electron chi connectivity index (χ3n) is 3.54. The molecule has 0 aromatic carbocycles. The number of rotatable bonds is 5. The molecule has 0 aliphatic carbocycles. The fourth-order valence-electron chi connectivity index (χ4n) is 2.32. The van der Waals surface area contributed by atoms with Gasteiger partial charge < -0.3 is 10.2 Å². The van der Waals surface area contributed by atoms with E-state index >= 15 is 0 Å². The first-order chi connectivity index (χ1) is 9.08. The smallest absolute Gasteiger partial charge is 0.222 e. The van der Waals surface area contributed by atoms with E-state index in [1.807, 2.05) is 18.0 Å². The second-order valence-corrected chi connectivity index (χ2v) is 7.14. The molecule has 1 aliphatic rings. The summed E-state index contributed by atoms with van der Waals surface area (Å²) in [5.74, 6) is 0.214. The summed E-state index contributed by atoms with van der Waals surface area (Å²) in [6.45, 7) is 1.92. The van der Waals surface area contributed by atoms with Crippen molar-refractivity contribution in [2.24, 2.45) is 0 Å². The third kappa shape index (κ3) is 4.09. The number of hydrogen-bond donors (Lipinski definition) is 1. The first-order valence-corrected chi connectivity index (χ1v) is 8.05. The highest BCUT2D eigenvalue weighted by Gasteiger charge is 2.22. The molecule has 19 heavy (non-hydrogen) atoms. The number of carbonyl (C=O) groups is 1. The van der Waals surface area contributed by atoms with E-state index in [0.717, 1.165) is 42.3 Å². The normalized spacial score (nSPS) is 18.8. The maximum atomic E-state index is 12.1. The van der Waals surface area contributed by atoms with Gasteiger partial charge in [-0.25, -0.2) is 0 Å². The van der Waals surface area contributed by atoms with Crippen LogP contribution in [0.1, 0.15) is 24.8 Å². The standard InChI is InChI=1S/C13H18Cl2N2OS/c1-17(10-5-6-16-8-10)12(18)4-2-3-9-7-11(14)19-13(9)15/h7,10,16H,2-6,8H2,1H3. The summed E-state index contributed by atoms with van der Waals surface area (Å²) in [5, 5.41) is 3.28. The van der Waals surface area contributed by atoms with E-state index in [-0.39, 0.29) is 5.91 Å². The highest BCUT2D eigenvalue weighted by atomic mass is 35.5. The fourth-order valence-corrected chi connectivity index (χ4v) is 3.87. The molecule has 1 N–H and O–H groups in total. The second-order valence-electron chi connectivity index (χ2n) is 4.85. The Morgan fingerprint density at radius 3 is 2.95 bits per heavy atom. The third-order valence-corrected chi connectivity index (χ3v) is 5.11. The highest BCUT2D eigenvalue weighted by Crippen LogP contribution is 2.32. The first-order valence-electron chi connectivity index (χ1n) is 6.48. The van der Waals surface area contributed by atoms with Crippen LogP contribution in [0.15, 0.2) is 6.07 Å². The summed E-state index contributed by atoms with van der Waals surface area (Å²) in [5.41, 5.74) is 1.05. The van der Waals surface area contributed by atoms with Crippen molar-refractivity contribution in [1.82, 2.24) is 10.2 Å². The summed E-state index contributed by atoms with van der Waals surface area (Å²) in [4.78, 5) is 13.9. The zero-order valence-electron chi connectivity index (χ0n) is 10.9. The minimum absolute atomic E-state index is 0.214. The number of aryl methyl sites for hydroxylation is 1. The Balaban J connectivity index is 1.75. The Bertz CT molecular complexity index is 444. The SMILES string of the molecule is CN(C(=O)CCCc1cc(Cl)sc1Cl)C1CCNC1. The number of amides is 1. The van der Waals surface area contributed by atoms with Gasteiger partial charge in [-0.05, 0) is 37.4 Å². The van der Waals surface area contributed by atoms with Gasteiger partial charge >= 0.3 is 0 Å². The summed E-state index contributed by atoms with van der Waals surface area (Å²) < 4.78 is 1.45. The summed E-state index contributed by atoms with van der Waals surface area (Å²) >= 11 is 13.3. The molecule has 1 saturated heterocycles. The van der Waals surface area contributed by atoms with E-state index in [9.17, 15) is 4.79 Å². The number of halogens is 2. The molecule has 0 bridgehead atoms. The molecule has 1 amide bonds. The zero-order chi connectivity index (χ0) is 13.8. The van der Waals surface area contributed by atoms with Gasteiger partial charge in [0.2, 0.25) is 5.91 Å². The number of nitrogens with zero attached hydrogens (tertiary/aromatic N) is 1. The summed E-state index contributed by atoms with van der Waals surface area (Å²) in [6.07, 6.45) is 3.24. The minimum Gasteiger partial charge on any atom is -0.341 e. The minimum atomic E-state index is 0.214. The molecule has 0 radical (unpaired) electrons. The van der Waals surface area contributed by atoms with Gasteiger partial charge in [0.05, 0.1) is 8.67 Å². The van der Waals surface area contributed by atoms with Gasteiger partial charge in [0.25, 0.3) is 0 Å². The van der Waals surface area contributed by atoms with Crippen LogP contribution in [0.25, 0.3) is 0 Å². The van der Waals surface area contributed by atoms with Crippen molar-refractivity contribution < 1.29 is 4.79 Å². The molecule has 106 valence electrons. The van der Waals surface area contributed by atoms with E-state index in [1.165, 1.54) is 11.3 Å². The van der Waals surface area contributed by atoms with Crippen molar-refractivity contribution in [1.29, 1.82) is 0 Å². The predicted octanol–water partition coefficient (Wildman–Crippen LogP) is 3.20.